The highest BCUT2D eigenvalue weighted by Gasteiger charge is 2.47. The van der Waals surface area contributed by atoms with Crippen molar-refractivity contribution in [3.8, 4) is 11.5 Å². The molecule has 0 bridgehead atoms. The lowest BCUT2D eigenvalue weighted by Gasteiger charge is -2.19. The fourth-order valence-electron chi connectivity index (χ4n) is 2.38. The molecule has 2 rings (SSSR count). The van der Waals surface area contributed by atoms with Crippen LogP contribution in [0.1, 0.15) is 44.5 Å². The highest BCUT2D eigenvalue weighted by Crippen LogP contribution is 2.28. The second-order valence-corrected chi connectivity index (χ2v) is 6.77. The molecule has 0 saturated carbocycles. The molecule has 0 spiro atoms. The molecular formula is C18H25N3O5. The van der Waals surface area contributed by atoms with Gasteiger partial charge in [0.1, 0.15) is 5.54 Å². The average Bonchev–Trinajstić information content (AvgIpc) is 2.83. The number of hydrogen-bond acceptors (Lipinski definition) is 5. The highest BCUT2D eigenvalue weighted by molar-refractivity contribution is 6.09. The van der Waals surface area contributed by atoms with Crippen LogP contribution in [0.2, 0.25) is 0 Å². The van der Waals surface area contributed by atoms with E-state index in [2.05, 4.69) is 10.7 Å². The van der Waals surface area contributed by atoms with Gasteiger partial charge < -0.3 is 14.8 Å². The van der Waals surface area contributed by atoms with Crippen molar-refractivity contribution in [2.45, 2.75) is 39.7 Å². The first-order valence-corrected chi connectivity index (χ1v) is 8.50. The van der Waals surface area contributed by atoms with Crippen LogP contribution in [0.4, 0.5) is 4.79 Å². The van der Waals surface area contributed by atoms with Gasteiger partial charge in [-0.2, -0.15) is 5.01 Å². The Labute approximate surface area is 152 Å². The number of rotatable bonds is 7. The third-order valence-electron chi connectivity index (χ3n) is 4.18. The number of ether oxygens (including phenoxy) is 2. The van der Waals surface area contributed by atoms with E-state index in [0.717, 1.165) is 0 Å². The fourth-order valence-corrected chi connectivity index (χ4v) is 2.38. The second kappa shape index (κ2) is 7.63. The van der Waals surface area contributed by atoms with Crippen LogP contribution in [0.15, 0.2) is 18.2 Å². The monoisotopic (exact) mass is 363 g/mol. The van der Waals surface area contributed by atoms with E-state index in [-0.39, 0.29) is 5.56 Å². The molecular weight excluding hydrogens is 338 g/mol. The number of urea groups is 1. The minimum Gasteiger partial charge on any atom is -0.493 e. The van der Waals surface area contributed by atoms with Crippen molar-refractivity contribution in [1.82, 2.24) is 15.8 Å². The predicted molar refractivity (Wildman–Crippen MR) is 94.9 cm³/mol. The zero-order valence-corrected chi connectivity index (χ0v) is 15.7. The Morgan fingerprint density at radius 2 is 2.00 bits per heavy atom. The molecule has 26 heavy (non-hydrogen) atoms. The van der Waals surface area contributed by atoms with Crippen LogP contribution in [0.5, 0.6) is 11.5 Å². The van der Waals surface area contributed by atoms with Crippen molar-refractivity contribution in [3.05, 3.63) is 23.8 Å². The lowest BCUT2D eigenvalue weighted by Crippen LogP contribution is -2.48. The summed E-state index contributed by atoms with van der Waals surface area (Å²) in [5.74, 6) is 0.167. The molecule has 1 fully saturated rings. The van der Waals surface area contributed by atoms with Gasteiger partial charge in [-0.1, -0.05) is 20.8 Å². The Hall–Kier alpha value is -2.77. The average molecular weight is 363 g/mol. The number of methoxy groups -OCH3 is 1. The molecule has 1 unspecified atom stereocenters. The predicted octanol–water partition coefficient (Wildman–Crippen LogP) is 2.10. The third-order valence-corrected chi connectivity index (χ3v) is 4.18. The Balaban J connectivity index is 2.15. The highest BCUT2D eigenvalue weighted by atomic mass is 16.5. The lowest BCUT2D eigenvalue weighted by molar-refractivity contribution is -0.132. The molecule has 0 radical (unpaired) electrons. The lowest BCUT2D eigenvalue weighted by atomic mass is 10.00. The molecule has 1 aliphatic rings. The fraction of sp³-hybridized carbons (Fsp3) is 0.500. The molecule has 2 N–H and O–H groups in total. The van der Waals surface area contributed by atoms with E-state index in [1.54, 1.807) is 26.0 Å². The summed E-state index contributed by atoms with van der Waals surface area (Å²) in [7, 11) is 1.48. The smallest absolute Gasteiger partial charge is 0.344 e. The van der Waals surface area contributed by atoms with Gasteiger partial charge in [0, 0.05) is 5.56 Å². The van der Waals surface area contributed by atoms with Crippen molar-refractivity contribution in [2.75, 3.05) is 13.7 Å². The Bertz CT molecular complexity index is 719. The quantitative estimate of drug-likeness (QED) is 0.723. The van der Waals surface area contributed by atoms with E-state index in [0.29, 0.717) is 35.5 Å². The number of hydrogen-bond donors (Lipinski definition) is 2. The van der Waals surface area contributed by atoms with E-state index in [4.69, 9.17) is 9.47 Å². The zero-order chi connectivity index (χ0) is 19.5. The summed E-state index contributed by atoms with van der Waals surface area (Å²) in [6.07, 6.45) is 0.416. The van der Waals surface area contributed by atoms with Gasteiger partial charge in [-0.05, 0) is 37.5 Å². The molecule has 142 valence electrons. The van der Waals surface area contributed by atoms with Crippen molar-refractivity contribution < 1.29 is 23.9 Å². The van der Waals surface area contributed by atoms with Crippen molar-refractivity contribution in [2.24, 2.45) is 5.92 Å². The van der Waals surface area contributed by atoms with Gasteiger partial charge in [0.15, 0.2) is 11.5 Å². The molecule has 0 aliphatic carbocycles. The largest absolute Gasteiger partial charge is 0.493 e. The molecule has 1 aromatic carbocycles. The Morgan fingerprint density at radius 3 is 2.54 bits per heavy atom. The van der Waals surface area contributed by atoms with Crippen molar-refractivity contribution in [1.29, 1.82) is 0 Å². The standard InChI is InChI=1S/C18H25N3O5/c1-6-18(4)16(23)21(17(24)19-18)20-15(22)12-7-8-13(14(9-12)25-5)26-10-11(2)3/h7-9,11H,6,10H2,1-5H3,(H,19,24)(H,20,22). The van der Waals surface area contributed by atoms with E-state index in [1.165, 1.54) is 13.2 Å². The van der Waals surface area contributed by atoms with E-state index in [1.807, 2.05) is 13.8 Å². The number of benzene rings is 1. The van der Waals surface area contributed by atoms with Gasteiger partial charge in [0.25, 0.3) is 11.8 Å². The van der Waals surface area contributed by atoms with E-state index >= 15 is 0 Å². The van der Waals surface area contributed by atoms with Crippen LogP contribution in [0.25, 0.3) is 0 Å². The number of nitrogens with zero attached hydrogens (tertiary/aromatic N) is 1. The van der Waals surface area contributed by atoms with Gasteiger partial charge in [-0.25, -0.2) is 4.79 Å². The maximum absolute atomic E-state index is 12.5. The normalized spacial score (nSPS) is 19.5. The minimum atomic E-state index is -1.02. The summed E-state index contributed by atoms with van der Waals surface area (Å²) in [5, 5.41) is 3.28. The van der Waals surface area contributed by atoms with Crippen LogP contribution in [0, 0.1) is 5.92 Å². The first kappa shape index (κ1) is 19.6. The van der Waals surface area contributed by atoms with Crippen LogP contribution >= 0.6 is 0 Å². The van der Waals surface area contributed by atoms with Gasteiger partial charge in [-0.15, -0.1) is 0 Å². The van der Waals surface area contributed by atoms with E-state index in [9.17, 15) is 14.4 Å². The first-order chi connectivity index (χ1) is 12.2. The van der Waals surface area contributed by atoms with Gasteiger partial charge in [0.2, 0.25) is 0 Å². The van der Waals surface area contributed by atoms with Crippen LogP contribution in [-0.2, 0) is 4.79 Å². The van der Waals surface area contributed by atoms with Gasteiger partial charge in [-0.3, -0.25) is 15.0 Å². The number of hydrazine groups is 1. The summed E-state index contributed by atoms with van der Waals surface area (Å²) in [6, 6.07) is 4.02. The summed E-state index contributed by atoms with van der Waals surface area (Å²) in [6.45, 7) is 7.96. The molecule has 8 nitrogen and oxygen atoms in total. The molecule has 1 aromatic rings. The first-order valence-electron chi connectivity index (χ1n) is 8.50. The topological polar surface area (TPSA) is 97.0 Å². The van der Waals surface area contributed by atoms with Crippen molar-refractivity contribution >= 4 is 17.8 Å². The number of carbonyl (C=O) groups is 3. The van der Waals surface area contributed by atoms with Crippen LogP contribution < -0.4 is 20.2 Å². The second-order valence-electron chi connectivity index (χ2n) is 6.77. The number of nitrogens with one attached hydrogen (secondary N) is 2. The Kier molecular flexibility index (Phi) is 5.74. The molecule has 1 heterocycles. The maximum Gasteiger partial charge on any atom is 0.344 e. The minimum absolute atomic E-state index is 0.240. The van der Waals surface area contributed by atoms with Crippen molar-refractivity contribution in [3.63, 3.8) is 0 Å². The maximum atomic E-state index is 12.5. The molecule has 1 atom stereocenters. The SMILES string of the molecule is CCC1(C)NC(=O)N(NC(=O)c2ccc(OCC(C)C)c(OC)c2)C1=O. The number of amides is 4. The molecule has 4 amide bonds. The molecule has 1 saturated heterocycles. The molecule has 0 aromatic heterocycles. The summed E-state index contributed by atoms with van der Waals surface area (Å²) < 4.78 is 10.9. The summed E-state index contributed by atoms with van der Waals surface area (Å²) >= 11 is 0. The van der Waals surface area contributed by atoms with Gasteiger partial charge >= 0.3 is 6.03 Å². The Morgan fingerprint density at radius 1 is 1.31 bits per heavy atom. The zero-order valence-electron chi connectivity index (χ0n) is 15.7. The summed E-state index contributed by atoms with van der Waals surface area (Å²) in [5.41, 5.74) is 1.56. The van der Waals surface area contributed by atoms with Crippen LogP contribution in [0.3, 0.4) is 0 Å². The summed E-state index contributed by atoms with van der Waals surface area (Å²) in [4.78, 5) is 36.8. The molecule has 8 heteroatoms. The molecule has 1 aliphatic heterocycles. The van der Waals surface area contributed by atoms with Gasteiger partial charge in [0.05, 0.1) is 13.7 Å². The van der Waals surface area contributed by atoms with E-state index < -0.39 is 23.4 Å². The third kappa shape index (κ3) is 3.89. The van der Waals surface area contributed by atoms with Crippen LogP contribution in [-0.4, -0.2) is 42.1 Å². The number of carbonyl (C=O) groups excluding carboxylic acids is 3. The number of imide groups is 1.